The van der Waals surface area contributed by atoms with Crippen molar-refractivity contribution in [2.75, 3.05) is 24.3 Å². The van der Waals surface area contributed by atoms with Gasteiger partial charge in [0, 0.05) is 12.6 Å². The quantitative estimate of drug-likeness (QED) is 0.833. The van der Waals surface area contributed by atoms with Crippen LogP contribution in [0.5, 0.6) is 5.88 Å². The molecule has 0 aromatic carbocycles. The Morgan fingerprint density at radius 1 is 1.59 bits per heavy atom. The van der Waals surface area contributed by atoms with Crippen molar-refractivity contribution in [3.05, 3.63) is 12.1 Å². The topological polar surface area (TPSA) is 75.2 Å². The summed E-state index contributed by atoms with van der Waals surface area (Å²) in [6.07, 6.45) is 2.84. The number of nitriles is 1. The zero-order valence-electron chi connectivity index (χ0n) is 9.89. The van der Waals surface area contributed by atoms with Crippen molar-refractivity contribution in [3.8, 4) is 11.9 Å². The number of ether oxygens (including phenoxy) is 1. The first-order valence-electron chi connectivity index (χ1n) is 5.70. The molecule has 1 fully saturated rings. The van der Waals surface area contributed by atoms with E-state index in [1.54, 1.807) is 13.2 Å². The van der Waals surface area contributed by atoms with E-state index in [4.69, 9.17) is 15.7 Å². The number of hydrogen-bond acceptors (Lipinski definition) is 5. The van der Waals surface area contributed by atoms with E-state index in [0.717, 1.165) is 5.82 Å². The van der Waals surface area contributed by atoms with E-state index in [9.17, 15) is 0 Å². The number of nitrogens with zero attached hydrogens (tertiary/aromatic N) is 3. The van der Waals surface area contributed by atoms with E-state index in [-0.39, 0.29) is 0 Å². The third-order valence-corrected chi connectivity index (χ3v) is 2.81. The second-order valence-corrected chi connectivity index (χ2v) is 4.10. The maximum Gasteiger partial charge on any atom is 0.238 e. The molecule has 2 N–H and O–H groups in total. The van der Waals surface area contributed by atoms with Gasteiger partial charge in [0.15, 0.2) is 0 Å². The molecule has 17 heavy (non-hydrogen) atoms. The Balaban J connectivity index is 2.20. The summed E-state index contributed by atoms with van der Waals surface area (Å²) < 4.78 is 5.11. The van der Waals surface area contributed by atoms with Crippen LogP contribution in [-0.2, 0) is 0 Å². The molecule has 5 heteroatoms. The fourth-order valence-corrected chi connectivity index (χ4v) is 1.81. The minimum Gasteiger partial charge on any atom is -0.479 e. The molecule has 0 spiro atoms. The second kappa shape index (κ2) is 4.91. The molecule has 0 unspecified atom stereocenters. The number of nitrogens with two attached hydrogens (primary N) is 1. The summed E-state index contributed by atoms with van der Waals surface area (Å²) in [5, 5.41) is 8.67. The highest BCUT2D eigenvalue weighted by Crippen LogP contribution is 2.32. The summed E-state index contributed by atoms with van der Waals surface area (Å²) >= 11 is 0. The van der Waals surface area contributed by atoms with Gasteiger partial charge < -0.3 is 15.4 Å². The van der Waals surface area contributed by atoms with Crippen molar-refractivity contribution >= 4 is 11.5 Å². The lowest BCUT2D eigenvalue weighted by Gasteiger charge is -2.22. The van der Waals surface area contributed by atoms with Crippen molar-refractivity contribution in [2.45, 2.75) is 25.3 Å². The Bertz CT molecular complexity index is 437. The molecule has 0 amide bonds. The molecule has 0 atom stereocenters. The Labute approximate surface area is 101 Å². The largest absolute Gasteiger partial charge is 0.479 e. The smallest absolute Gasteiger partial charge is 0.238 e. The van der Waals surface area contributed by atoms with E-state index in [2.05, 4.69) is 16.0 Å². The van der Waals surface area contributed by atoms with Crippen LogP contribution in [-0.4, -0.2) is 24.7 Å². The average molecular weight is 232 g/mol. The minimum atomic E-state index is 0.449. The van der Waals surface area contributed by atoms with Gasteiger partial charge in [0.05, 0.1) is 25.3 Å². The first kappa shape index (κ1) is 11.5. The maximum absolute atomic E-state index is 8.67. The third kappa shape index (κ3) is 2.59. The van der Waals surface area contributed by atoms with Crippen molar-refractivity contribution in [1.29, 1.82) is 5.26 Å². The van der Waals surface area contributed by atoms with Gasteiger partial charge in [-0.3, -0.25) is 0 Å². The highest BCUT2D eigenvalue weighted by Gasteiger charge is 2.29. The van der Waals surface area contributed by atoms with Gasteiger partial charge >= 0.3 is 0 Å². The summed E-state index contributed by atoms with van der Waals surface area (Å²) in [5.74, 6) is 1.29. The van der Waals surface area contributed by atoms with Crippen LogP contribution in [0, 0.1) is 11.3 Å². The monoisotopic (exact) mass is 232 g/mol. The first-order chi connectivity index (χ1) is 8.26. The molecule has 0 bridgehead atoms. The Hall–Kier alpha value is -1.96. The Morgan fingerprint density at radius 2 is 2.35 bits per heavy atom. The number of pyridine rings is 1. The number of rotatable bonds is 5. The van der Waals surface area contributed by atoms with Gasteiger partial charge in [0.2, 0.25) is 5.88 Å². The van der Waals surface area contributed by atoms with Gasteiger partial charge in [-0.05, 0) is 25.0 Å². The van der Waals surface area contributed by atoms with E-state index >= 15 is 0 Å². The lowest BCUT2D eigenvalue weighted by Crippen LogP contribution is -2.27. The van der Waals surface area contributed by atoms with E-state index < -0.39 is 0 Å². The summed E-state index contributed by atoms with van der Waals surface area (Å²) in [4.78, 5) is 6.53. The summed E-state index contributed by atoms with van der Waals surface area (Å²) in [5.41, 5.74) is 6.27. The lowest BCUT2D eigenvalue weighted by atomic mass is 10.3. The van der Waals surface area contributed by atoms with Crippen LogP contribution in [0.25, 0.3) is 0 Å². The van der Waals surface area contributed by atoms with Gasteiger partial charge in [-0.2, -0.15) is 10.2 Å². The number of nitrogen functional groups attached to an aromatic ring is 1. The molecular weight excluding hydrogens is 216 g/mol. The molecule has 1 aliphatic rings. The standard InChI is InChI=1S/C12H16N4O/c1-17-12-10(14)5-6-11(15-12)16(8-2-7-13)9-3-4-9/h5-6,9H,2-4,8,14H2,1H3. The molecule has 0 aliphatic heterocycles. The molecule has 1 aliphatic carbocycles. The van der Waals surface area contributed by atoms with E-state index in [1.807, 2.05) is 6.07 Å². The van der Waals surface area contributed by atoms with Crippen molar-refractivity contribution in [3.63, 3.8) is 0 Å². The third-order valence-electron chi connectivity index (χ3n) is 2.81. The van der Waals surface area contributed by atoms with E-state index in [0.29, 0.717) is 30.6 Å². The second-order valence-electron chi connectivity index (χ2n) is 4.10. The molecule has 2 rings (SSSR count). The molecule has 1 heterocycles. The van der Waals surface area contributed by atoms with Gasteiger partial charge in [-0.1, -0.05) is 0 Å². The molecule has 0 radical (unpaired) electrons. The fraction of sp³-hybridized carbons (Fsp3) is 0.500. The number of methoxy groups -OCH3 is 1. The number of hydrogen-bond donors (Lipinski definition) is 1. The predicted octanol–water partition coefficient (Wildman–Crippen LogP) is 1.55. The van der Waals surface area contributed by atoms with Crippen LogP contribution in [0.3, 0.4) is 0 Å². The van der Waals surface area contributed by atoms with Crippen LogP contribution in [0.4, 0.5) is 11.5 Å². The van der Waals surface area contributed by atoms with Crippen molar-refractivity contribution < 1.29 is 4.74 Å². The normalized spacial score (nSPS) is 14.1. The predicted molar refractivity (Wildman–Crippen MR) is 65.8 cm³/mol. The van der Waals surface area contributed by atoms with Crippen LogP contribution in [0.2, 0.25) is 0 Å². The molecule has 0 saturated heterocycles. The van der Waals surface area contributed by atoms with E-state index in [1.165, 1.54) is 12.8 Å². The van der Waals surface area contributed by atoms with Crippen LogP contribution in [0.15, 0.2) is 12.1 Å². The summed E-state index contributed by atoms with van der Waals surface area (Å²) in [6, 6.07) is 6.36. The lowest BCUT2D eigenvalue weighted by molar-refractivity contribution is 0.400. The molecule has 90 valence electrons. The Kier molecular flexibility index (Phi) is 3.33. The average Bonchev–Trinajstić information content (AvgIpc) is 3.16. The van der Waals surface area contributed by atoms with Crippen molar-refractivity contribution in [2.24, 2.45) is 0 Å². The maximum atomic E-state index is 8.67. The number of anilines is 2. The first-order valence-corrected chi connectivity index (χ1v) is 5.70. The highest BCUT2D eigenvalue weighted by molar-refractivity contribution is 5.55. The molecule has 5 nitrogen and oxygen atoms in total. The highest BCUT2D eigenvalue weighted by atomic mass is 16.5. The fourth-order valence-electron chi connectivity index (χ4n) is 1.81. The molecule has 1 aromatic heterocycles. The zero-order chi connectivity index (χ0) is 12.3. The number of aromatic nitrogens is 1. The molecule has 1 saturated carbocycles. The van der Waals surface area contributed by atoms with Gasteiger partial charge in [-0.15, -0.1) is 0 Å². The Morgan fingerprint density at radius 3 is 2.94 bits per heavy atom. The van der Waals surface area contributed by atoms with Gasteiger partial charge in [0.25, 0.3) is 0 Å². The SMILES string of the molecule is COc1nc(N(CCC#N)C2CC2)ccc1N. The summed E-state index contributed by atoms with van der Waals surface area (Å²) in [6.45, 7) is 0.710. The van der Waals surface area contributed by atoms with Gasteiger partial charge in [-0.25, -0.2) is 0 Å². The van der Waals surface area contributed by atoms with Crippen LogP contribution < -0.4 is 15.4 Å². The summed E-state index contributed by atoms with van der Waals surface area (Å²) in [7, 11) is 1.55. The molecule has 1 aromatic rings. The van der Waals surface area contributed by atoms with Crippen LogP contribution in [0.1, 0.15) is 19.3 Å². The van der Waals surface area contributed by atoms with Crippen molar-refractivity contribution in [1.82, 2.24) is 4.98 Å². The minimum absolute atomic E-state index is 0.449. The van der Waals surface area contributed by atoms with Gasteiger partial charge in [0.1, 0.15) is 5.82 Å². The molecular formula is C12H16N4O. The van der Waals surface area contributed by atoms with Crippen LogP contribution >= 0.6 is 0 Å². The zero-order valence-corrected chi connectivity index (χ0v) is 9.89.